The first-order valence-electron chi connectivity index (χ1n) is 8.56. The molecule has 3 rings (SSSR count). The highest BCUT2D eigenvalue weighted by atomic mass is 35.5. The zero-order valence-electron chi connectivity index (χ0n) is 14.5. The summed E-state index contributed by atoms with van der Waals surface area (Å²) in [6.45, 7) is 1.26. The maximum atomic E-state index is 13.0. The van der Waals surface area contributed by atoms with Gasteiger partial charge < -0.3 is 16.0 Å². The Morgan fingerprint density at radius 2 is 2.00 bits per heavy atom. The molecule has 0 spiro atoms. The third-order valence-electron chi connectivity index (χ3n) is 4.40. The van der Waals surface area contributed by atoms with E-state index in [1.165, 1.54) is 11.3 Å². The van der Waals surface area contributed by atoms with Crippen molar-refractivity contribution in [3.8, 4) is 0 Å². The Labute approximate surface area is 164 Å². The maximum Gasteiger partial charge on any atom is 0.262 e. The molecule has 26 heavy (non-hydrogen) atoms. The van der Waals surface area contributed by atoms with Gasteiger partial charge in [0.05, 0.1) is 4.88 Å². The molecule has 2 aromatic rings. The van der Waals surface area contributed by atoms with Crippen LogP contribution in [0.3, 0.4) is 0 Å². The number of carbonyl (C=O) groups excluding carboxylic acids is 2. The fourth-order valence-corrected chi connectivity index (χ4v) is 3.74. The first kappa shape index (κ1) is 20.4. The molecule has 2 unspecified atom stereocenters. The maximum absolute atomic E-state index is 13.0. The van der Waals surface area contributed by atoms with Crippen LogP contribution in [0.2, 0.25) is 0 Å². The molecule has 3 N–H and O–H groups in total. The Morgan fingerprint density at radius 1 is 1.23 bits per heavy atom. The lowest BCUT2D eigenvalue weighted by Gasteiger charge is -2.33. The van der Waals surface area contributed by atoms with Crippen LogP contribution >= 0.6 is 23.7 Å². The highest BCUT2D eigenvalue weighted by Gasteiger charge is 2.29. The lowest BCUT2D eigenvalue weighted by Crippen LogP contribution is -2.54. The molecule has 0 bridgehead atoms. The number of thiophene rings is 1. The third-order valence-corrected chi connectivity index (χ3v) is 5.27. The highest BCUT2D eigenvalue weighted by molar-refractivity contribution is 7.12. The number of carbonyl (C=O) groups is 2. The second-order valence-electron chi connectivity index (χ2n) is 6.38. The summed E-state index contributed by atoms with van der Waals surface area (Å²) in [6, 6.07) is 12.8. The number of hydrogen-bond acceptors (Lipinski definition) is 4. The minimum Gasteiger partial charge on any atom is -0.339 e. The van der Waals surface area contributed by atoms with Gasteiger partial charge in [0.1, 0.15) is 6.04 Å². The molecule has 1 saturated heterocycles. The van der Waals surface area contributed by atoms with Crippen LogP contribution in [0.5, 0.6) is 0 Å². The molecular formula is C19H24ClN3O2S. The van der Waals surface area contributed by atoms with Gasteiger partial charge in [-0.05, 0) is 29.9 Å². The topological polar surface area (TPSA) is 75.4 Å². The lowest BCUT2D eigenvalue weighted by atomic mass is 10.0. The molecule has 1 aliphatic heterocycles. The average Bonchev–Trinajstić information content (AvgIpc) is 3.16. The predicted octanol–water partition coefficient (Wildman–Crippen LogP) is 2.46. The normalized spacial score (nSPS) is 17.9. The fourth-order valence-electron chi connectivity index (χ4n) is 3.12. The van der Waals surface area contributed by atoms with Gasteiger partial charge in [0.25, 0.3) is 5.91 Å². The van der Waals surface area contributed by atoms with Crippen molar-refractivity contribution in [3.05, 3.63) is 58.3 Å². The smallest absolute Gasteiger partial charge is 0.262 e. The number of nitrogens with one attached hydrogen (secondary N) is 1. The van der Waals surface area contributed by atoms with Crippen molar-refractivity contribution in [1.82, 2.24) is 10.2 Å². The summed E-state index contributed by atoms with van der Waals surface area (Å²) in [7, 11) is 0. The Bertz CT molecular complexity index is 709. The summed E-state index contributed by atoms with van der Waals surface area (Å²) in [6.07, 6.45) is 2.32. The van der Waals surface area contributed by atoms with Crippen LogP contribution in [0.4, 0.5) is 0 Å². The third kappa shape index (κ3) is 5.30. The largest absolute Gasteiger partial charge is 0.339 e. The van der Waals surface area contributed by atoms with Gasteiger partial charge >= 0.3 is 0 Å². The second kappa shape index (κ2) is 9.71. The van der Waals surface area contributed by atoms with Crippen LogP contribution in [0, 0.1) is 0 Å². The first-order chi connectivity index (χ1) is 12.1. The van der Waals surface area contributed by atoms with E-state index < -0.39 is 6.04 Å². The number of piperidine rings is 1. The number of halogens is 1. The standard InChI is InChI=1S/C19H23N3O2S.ClH/c20-15-8-4-10-22(13-15)19(24)16(12-14-6-2-1-3-7-14)21-18(23)17-9-5-11-25-17;/h1-3,5-7,9,11,15-16H,4,8,10,12-13,20H2,(H,21,23);1H. The van der Waals surface area contributed by atoms with E-state index in [-0.39, 0.29) is 30.3 Å². The number of amides is 2. The molecule has 5 nitrogen and oxygen atoms in total. The zero-order chi connectivity index (χ0) is 17.6. The predicted molar refractivity (Wildman–Crippen MR) is 107 cm³/mol. The molecule has 1 aliphatic rings. The summed E-state index contributed by atoms with van der Waals surface area (Å²) < 4.78 is 0. The lowest BCUT2D eigenvalue weighted by molar-refractivity contribution is -0.134. The van der Waals surface area contributed by atoms with Crippen LogP contribution in [0.25, 0.3) is 0 Å². The van der Waals surface area contributed by atoms with Crippen LogP contribution in [-0.4, -0.2) is 41.9 Å². The number of nitrogens with two attached hydrogens (primary N) is 1. The van der Waals surface area contributed by atoms with Gasteiger partial charge in [0, 0.05) is 25.6 Å². The molecule has 0 radical (unpaired) electrons. The van der Waals surface area contributed by atoms with Crippen molar-refractivity contribution in [2.45, 2.75) is 31.3 Å². The van der Waals surface area contributed by atoms with Gasteiger partial charge in [0.15, 0.2) is 0 Å². The monoisotopic (exact) mass is 393 g/mol. The van der Waals surface area contributed by atoms with Gasteiger partial charge in [-0.1, -0.05) is 36.4 Å². The van der Waals surface area contributed by atoms with Gasteiger partial charge in [0.2, 0.25) is 5.91 Å². The summed E-state index contributed by atoms with van der Waals surface area (Å²) in [5, 5.41) is 4.77. The Balaban J connectivity index is 0.00000243. The first-order valence-corrected chi connectivity index (χ1v) is 9.44. The molecule has 7 heteroatoms. The number of rotatable bonds is 5. The van der Waals surface area contributed by atoms with Crippen molar-refractivity contribution in [2.75, 3.05) is 13.1 Å². The molecule has 2 atom stereocenters. The number of nitrogens with zero attached hydrogens (tertiary/aromatic N) is 1. The van der Waals surface area contributed by atoms with Crippen molar-refractivity contribution < 1.29 is 9.59 Å². The molecular weight excluding hydrogens is 370 g/mol. The highest BCUT2D eigenvalue weighted by Crippen LogP contribution is 2.14. The zero-order valence-corrected chi connectivity index (χ0v) is 16.1. The van der Waals surface area contributed by atoms with Crippen LogP contribution in [-0.2, 0) is 11.2 Å². The van der Waals surface area contributed by atoms with Crippen molar-refractivity contribution >= 4 is 35.6 Å². The van der Waals surface area contributed by atoms with E-state index in [1.807, 2.05) is 41.8 Å². The summed E-state index contributed by atoms with van der Waals surface area (Å²) >= 11 is 1.37. The fraction of sp³-hybridized carbons (Fsp3) is 0.368. The van der Waals surface area contributed by atoms with E-state index in [2.05, 4.69) is 5.32 Å². The van der Waals surface area contributed by atoms with E-state index in [4.69, 9.17) is 5.73 Å². The van der Waals surface area contributed by atoms with Crippen molar-refractivity contribution in [2.24, 2.45) is 5.73 Å². The van der Waals surface area contributed by atoms with Crippen molar-refractivity contribution in [1.29, 1.82) is 0 Å². The Hall–Kier alpha value is -1.89. The molecule has 0 aliphatic carbocycles. The van der Waals surface area contributed by atoms with Gasteiger partial charge in [-0.25, -0.2) is 0 Å². The van der Waals surface area contributed by atoms with Crippen LogP contribution in [0.15, 0.2) is 47.8 Å². The van der Waals surface area contributed by atoms with E-state index in [9.17, 15) is 9.59 Å². The molecule has 1 aromatic heterocycles. The summed E-state index contributed by atoms with van der Waals surface area (Å²) in [4.78, 5) is 27.9. The summed E-state index contributed by atoms with van der Waals surface area (Å²) in [5.74, 6) is -0.255. The minimum absolute atomic E-state index is 0. The second-order valence-corrected chi connectivity index (χ2v) is 7.33. The number of hydrogen-bond donors (Lipinski definition) is 2. The van der Waals surface area contributed by atoms with E-state index in [1.54, 1.807) is 11.0 Å². The van der Waals surface area contributed by atoms with E-state index in [0.717, 1.165) is 18.4 Å². The van der Waals surface area contributed by atoms with E-state index in [0.29, 0.717) is 24.4 Å². The van der Waals surface area contributed by atoms with Crippen LogP contribution in [0.1, 0.15) is 28.1 Å². The molecule has 1 fully saturated rings. The Kier molecular flexibility index (Phi) is 7.63. The van der Waals surface area contributed by atoms with Crippen LogP contribution < -0.4 is 11.1 Å². The van der Waals surface area contributed by atoms with Gasteiger partial charge in [-0.2, -0.15) is 0 Å². The molecule has 0 saturated carbocycles. The number of likely N-dealkylation sites (tertiary alicyclic amines) is 1. The molecule has 2 heterocycles. The molecule has 140 valence electrons. The summed E-state index contributed by atoms with van der Waals surface area (Å²) in [5.41, 5.74) is 7.04. The van der Waals surface area contributed by atoms with Gasteiger partial charge in [-0.3, -0.25) is 9.59 Å². The Morgan fingerprint density at radius 3 is 2.65 bits per heavy atom. The SMILES string of the molecule is Cl.NC1CCCN(C(=O)C(Cc2ccccc2)NC(=O)c2cccs2)C1. The van der Waals surface area contributed by atoms with Gasteiger partial charge in [-0.15, -0.1) is 23.7 Å². The van der Waals surface area contributed by atoms with E-state index >= 15 is 0 Å². The average molecular weight is 394 g/mol. The quantitative estimate of drug-likeness (QED) is 0.819. The number of benzene rings is 1. The molecule has 1 aromatic carbocycles. The van der Waals surface area contributed by atoms with Crippen molar-refractivity contribution in [3.63, 3.8) is 0 Å². The molecule has 2 amide bonds. The minimum atomic E-state index is -0.581.